The molecule has 0 atom stereocenters. The molecule has 136 valence electrons. The number of rotatable bonds is 3. The van der Waals surface area contributed by atoms with Gasteiger partial charge in [0, 0.05) is 21.9 Å². The molecule has 1 heterocycles. The molecule has 0 aliphatic rings. The Morgan fingerprint density at radius 3 is 2.52 bits per heavy atom. The first-order valence-electron chi connectivity index (χ1n) is 8.07. The van der Waals surface area contributed by atoms with Crippen LogP contribution in [0.4, 0.5) is 11.4 Å². The molecule has 0 saturated heterocycles. The van der Waals surface area contributed by atoms with Crippen molar-refractivity contribution in [1.29, 1.82) is 0 Å². The number of ether oxygens (including phenoxy) is 1. The lowest BCUT2D eigenvalue weighted by atomic mass is 10.1. The zero-order chi connectivity index (χ0) is 19.0. The fourth-order valence-corrected chi connectivity index (χ4v) is 3.44. The van der Waals surface area contributed by atoms with Crippen LogP contribution in [0, 0.1) is 0 Å². The van der Waals surface area contributed by atoms with Gasteiger partial charge in [-0.25, -0.2) is 0 Å². The minimum atomic E-state index is 0.355. The molecule has 1 aromatic heterocycles. The summed E-state index contributed by atoms with van der Waals surface area (Å²) in [5, 5.41) is 9.61. The molecule has 0 radical (unpaired) electrons. The van der Waals surface area contributed by atoms with E-state index in [-0.39, 0.29) is 0 Å². The van der Waals surface area contributed by atoms with Crippen molar-refractivity contribution in [3.63, 3.8) is 0 Å². The van der Waals surface area contributed by atoms with Gasteiger partial charge in [-0.3, -0.25) is 0 Å². The van der Waals surface area contributed by atoms with Crippen LogP contribution in [0.25, 0.3) is 21.9 Å². The third kappa shape index (κ3) is 3.54. The first-order valence-corrected chi connectivity index (χ1v) is 9.24. The van der Waals surface area contributed by atoms with Crippen molar-refractivity contribution in [3.05, 3.63) is 64.6 Å². The summed E-state index contributed by atoms with van der Waals surface area (Å²) in [5.41, 5.74) is 2.85. The van der Waals surface area contributed by atoms with E-state index in [1.807, 2.05) is 36.4 Å². The van der Waals surface area contributed by atoms with Gasteiger partial charge in [0.25, 0.3) is 0 Å². The maximum atomic E-state index is 6.18. The van der Waals surface area contributed by atoms with Crippen LogP contribution in [0.3, 0.4) is 0 Å². The second kappa shape index (κ2) is 7.27. The van der Waals surface area contributed by atoms with Crippen LogP contribution < -0.4 is 15.4 Å². The van der Waals surface area contributed by atoms with Gasteiger partial charge in [0.05, 0.1) is 23.5 Å². The van der Waals surface area contributed by atoms with Gasteiger partial charge in [0.1, 0.15) is 16.9 Å². The molecular formula is C20H14Cl2N2O2S. The summed E-state index contributed by atoms with van der Waals surface area (Å²) in [6, 6.07) is 16.8. The second-order valence-corrected chi connectivity index (χ2v) is 7.10. The summed E-state index contributed by atoms with van der Waals surface area (Å²) >= 11 is 17.6. The van der Waals surface area contributed by atoms with Crippen molar-refractivity contribution < 1.29 is 9.15 Å². The highest BCUT2D eigenvalue weighted by atomic mass is 35.5. The van der Waals surface area contributed by atoms with Gasteiger partial charge in [-0.05, 0) is 42.5 Å². The second-order valence-electron chi connectivity index (χ2n) is 5.85. The Morgan fingerprint density at radius 2 is 1.70 bits per heavy atom. The van der Waals surface area contributed by atoms with Gasteiger partial charge >= 0.3 is 0 Å². The summed E-state index contributed by atoms with van der Waals surface area (Å²) in [4.78, 5) is 0. The number of anilines is 2. The molecule has 0 fully saturated rings. The Bertz CT molecular complexity index is 1170. The van der Waals surface area contributed by atoms with Crippen LogP contribution in [0.5, 0.6) is 5.75 Å². The Kier molecular flexibility index (Phi) is 4.83. The van der Waals surface area contributed by atoms with E-state index in [4.69, 9.17) is 44.6 Å². The number of furan rings is 1. The topological polar surface area (TPSA) is 46.4 Å². The fraction of sp³-hybridized carbons (Fsp3) is 0.0500. The number of benzene rings is 3. The van der Waals surface area contributed by atoms with Crippen LogP contribution in [0.1, 0.15) is 0 Å². The van der Waals surface area contributed by atoms with Gasteiger partial charge in [-0.1, -0.05) is 41.4 Å². The SMILES string of the molecule is COc1cc2c(cc1NC(=S)Nc1cc(Cl)ccc1Cl)oc1ccccc12. The molecule has 0 aliphatic carbocycles. The zero-order valence-corrected chi connectivity index (χ0v) is 16.5. The van der Waals surface area contributed by atoms with E-state index in [1.54, 1.807) is 25.3 Å². The monoisotopic (exact) mass is 416 g/mol. The van der Waals surface area contributed by atoms with Crippen molar-refractivity contribution in [2.45, 2.75) is 0 Å². The quantitative estimate of drug-likeness (QED) is 0.363. The van der Waals surface area contributed by atoms with E-state index in [0.29, 0.717) is 32.3 Å². The third-order valence-corrected chi connectivity index (χ3v) is 4.89. The summed E-state index contributed by atoms with van der Waals surface area (Å²) in [6.07, 6.45) is 0. The predicted octanol–water partition coefficient (Wildman–Crippen LogP) is 6.71. The Labute approximate surface area is 171 Å². The van der Waals surface area contributed by atoms with Crippen molar-refractivity contribution >= 4 is 73.8 Å². The molecule has 0 amide bonds. The summed E-state index contributed by atoms with van der Waals surface area (Å²) < 4.78 is 11.5. The standard InChI is InChI=1S/C20H14Cl2N2O2S/c1-25-19-9-13-12-4-2-3-5-17(12)26-18(13)10-16(19)24-20(27)23-15-8-11(21)6-7-14(15)22/h2-10H,1H3,(H2,23,24,27). The van der Waals surface area contributed by atoms with Crippen LogP contribution in [0.15, 0.2) is 59.0 Å². The largest absolute Gasteiger partial charge is 0.495 e. The van der Waals surface area contributed by atoms with Gasteiger partial charge in [-0.15, -0.1) is 0 Å². The van der Waals surface area contributed by atoms with Gasteiger partial charge in [-0.2, -0.15) is 0 Å². The molecular weight excluding hydrogens is 403 g/mol. The van der Waals surface area contributed by atoms with Gasteiger partial charge in [0.2, 0.25) is 0 Å². The average Bonchev–Trinajstić information content (AvgIpc) is 3.01. The van der Waals surface area contributed by atoms with Crippen molar-refractivity contribution in [2.75, 3.05) is 17.7 Å². The van der Waals surface area contributed by atoms with E-state index in [2.05, 4.69) is 10.6 Å². The summed E-state index contributed by atoms with van der Waals surface area (Å²) in [7, 11) is 1.61. The number of para-hydroxylation sites is 1. The molecule has 4 rings (SSSR count). The maximum Gasteiger partial charge on any atom is 0.175 e. The average molecular weight is 417 g/mol. The van der Waals surface area contributed by atoms with Gasteiger partial charge in [0.15, 0.2) is 5.11 Å². The number of nitrogens with one attached hydrogen (secondary N) is 2. The van der Waals surface area contributed by atoms with E-state index in [9.17, 15) is 0 Å². The van der Waals surface area contributed by atoms with Crippen molar-refractivity contribution in [2.24, 2.45) is 0 Å². The number of fused-ring (bicyclic) bond motifs is 3. The van der Waals surface area contributed by atoms with E-state index in [0.717, 1.165) is 21.9 Å². The van der Waals surface area contributed by atoms with E-state index >= 15 is 0 Å². The fourth-order valence-electron chi connectivity index (χ4n) is 2.89. The molecule has 0 saturated carbocycles. The van der Waals surface area contributed by atoms with Crippen LogP contribution in [0.2, 0.25) is 10.0 Å². The lowest BCUT2D eigenvalue weighted by Crippen LogP contribution is -2.19. The lowest BCUT2D eigenvalue weighted by molar-refractivity contribution is 0.417. The minimum absolute atomic E-state index is 0.355. The zero-order valence-electron chi connectivity index (χ0n) is 14.2. The molecule has 27 heavy (non-hydrogen) atoms. The third-order valence-electron chi connectivity index (χ3n) is 4.12. The molecule has 3 aromatic carbocycles. The first-order chi connectivity index (χ1) is 13.0. The Balaban J connectivity index is 1.67. The number of halogens is 2. The van der Waals surface area contributed by atoms with E-state index in [1.165, 1.54) is 0 Å². The molecule has 0 aliphatic heterocycles. The first kappa shape index (κ1) is 17.9. The molecule has 4 nitrogen and oxygen atoms in total. The molecule has 4 aromatic rings. The molecule has 0 spiro atoms. The molecule has 2 N–H and O–H groups in total. The summed E-state index contributed by atoms with van der Waals surface area (Å²) in [5.74, 6) is 0.649. The van der Waals surface area contributed by atoms with Crippen LogP contribution in [-0.4, -0.2) is 12.2 Å². The highest BCUT2D eigenvalue weighted by molar-refractivity contribution is 7.80. The van der Waals surface area contributed by atoms with Gasteiger partial charge < -0.3 is 19.8 Å². The van der Waals surface area contributed by atoms with Crippen LogP contribution in [-0.2, 0) is 0 Å². The lowest BCUT2D eigenvalue weighted by Gasteiger charge is -2.14. The molecule has 0 unspecified atom stereocenters. The maximum absolute atomic E-state index is 6.18. The Morgan fingerprint density at radius 1 is 0.926 bits per heavy atom. The van der Waals surface area contributed by atoms with Crippen LogP contribution >= 0.6 is 35.4 Å². The number of methoxy groups -OCH3 is 1. The number of hydrogen-bond acceptors (Lipinski definition) is 3. The number of thiocarbonyl (C=S) groups is 1. The van der Waals surface area contributed by atoms with Crippen molar-refractivity contribution in [3.8, 4) is 5.75 Å². The smallest absolute Gasteiger partial charge is 0.175 e. The number of hydrogen-bond donors (Lipinski definition) is 2. The Hall–Kier alpha value is -2.47. The van der Waals surface area contributed by atoms with Crippen molar-refractivity contribution in [1.82, 2.24) is 0 Å². The minimum Gasteiger partial charge on any atom is -0.495 e. The molecule has 7 heteroatoms. The highest BCUT2D eigenvalue weighted by Crippen LogP contribution is 2.36. The predicted molar refractivity (Wildman–Crippen MR) is 117 cm³/mol. The van der Waals surface area contributed by atoms with E-state index < -0.39 is 0 Å². The molecule has 0 bridgehead atoms. The highest BCUT2D eigenvalue weighted by Gasteiger charge is 2.13. The normalized spacial score (nSPS) is 10.9. The summed E-state index contributed by atoms with van der Waals surface area (Å²) in [6.45, 7) is 0.